The van der Waals surface area contributed by atoms with Gasteiger partial charge in [-0.15, -0.1) is 0 Å². The van der Waals surface area contributed by atoms with Crippen molar-refractivity contribution in [2.24, 2.45) is 0 Å². The topological polar surface area (TPSA) is 15.7 Å². The minimum Gasteiger partial charge on any atom is -0.456 e. The SMILES string of the molecule is c1ccc(N2c3cccc4c3P3c5c(cccc5N(c5ccc6ccc7cccc8ccc5c6c78)c5cccc2c53)O4)cc1. The van der Waals surface area contributed by atoms with Crippen molar-refractivity contribution < 1.29 is 4.74 Å². The third-order valence-electron chi connectivity index (χ3n) is 9.56. The zero-order chi connectivity index (χ0) is 28.5. The molecule has 3 nitrogen and oxygen atoms in total. The van der Waals surface area contributed by atoms with Crippen molar-refractivity contribution in [1.82, 2.24) is 0 Å². The highest BCUT2D eigenvalue weighted by Crippen LogP contribution is 2.61. The number of rotatable bonds is 2. The van der Waals surface area contributed by atoms with Crippen LogP contribution in [0.5, 0.6) is 11.5 Å². The zero-order valence-electron chi connectivity index (χ0n) is 23.5. The molecule has 3 aliphatic rings. The van der Waals surface area contributed by atoms with Gasteiger partial charge in [-0.05, 0) is 81.5 Å². The molecule has 0 amide bonds. The lowest BCUT2D eigenvalue weighted by Crippen LogP contribution is -2.43. The number of para-hydroxylation sites is 1. The summed E-state index contributed by atoms with van der Waals surface area (Å²) >= 11 is 0. The number of hydrogen-bond donors (Lipinski definition) is 0. The van der Waals surface area contributed by atoms with Crippen LogP contribution in [0.1, 0.15) is 0 Å². The van der Waals surface area contributed by atoms with Crippen LogP contribution >= 0.6 is 7.92 Å². The van der Waals surface area contributed by atoms with Crippen LogP contribution in [0.2, 0.25) is 0 Å². The lowest BCUT2D eigenvalue weighted by Gasteiger charge is -2.47. The van der Waals surface area contributed by atoms with Crippen molar-refractivity contribution in [2.75, 3.05) is 9.80 Å². The Morgan fingerprint density at radius 2 is 0.932 bits per heavy atom. The maximum absolute atomic E-state index is 6.76. The average Bonchev–Trinajstić information content (AvgIpc) is 3.08. The zero-order valence-corrected chi connectivity index (χ0v) is 24.4. The smallest absolute Gasteiger partial charge is 0.137 e. The molecule has 4 heteroatoms. The summed E-state index contributed by atoms with van der Waals surface area (Å²) < 4.78 is 6.76. The normalized spacial score (nSPS) is 15.6. The monoisotopic (exact) mass is 578 g/mol. The molecule has 0 bridgehead atoms. The first kappa shape index (κ1) is 23.1. The Morgan fingerprint density at radius 3 is 1.66 bits per heavy atom. The number of nitrogens with zero attached hydrogens (tertiary/aromatic N) is 2. The minimum absolute atomic E-state index is 0.829. The van der Waals surface area contributed by atoms with E-state index in [1.165, 1.54) is 76.7 Å². The van der Waals surface area contributed by atoms with Gasteiger partial charge in [0.2, 0.25) is 0 Å². The molecule has 8 aromatic rings. The predicted octanol–water partition coefficient (Wildman–Crippen LogP) is 10.0. The fourth-order valence-corrected chi connectivity index (χ4v) is 10.8. The number of anilines is 6. The second kappa shape index (κ2) is 8.17. The van der Waals surface area contributed by atoms with Crippen LogP contribution in [0, 0.1) is 0 Å². The van der Waals surface area contributed by atoms with Crippen LogP contribution in [0.4, 0.5) is 34.1 Å². The molecule has 0 saturated heterocycles. The van der Waals surface area contributed by atoms with Gasteiger partial charge in [0.1, 0.15) is 11.5 Å². The van der Waals surface area contributed by atoms with E-state index in [4.69, 9.17) is 4.74 Å². The molecule has 44 heavy (non-hydrogen) atoms. The molecule has 3 aliphatic heterocycles. The van der Waals surface area contributed by atoms with Gasteiger partial charge in [-0.3, -0.25) is 0 Å². The van der Waals surface area contributed by atoms with Gasteiger partial charge in [-0.1, -0.05) is 84.9 Å². The summed E-state index contributed by atoms with van der Waals surface area (Å²) in [5.74, 6) is 1.94. The van der Waals surface area contributed by atoms with E-state index >= 15 is 0 Å². The Kier molecular flexibility index (Phi) is 4.29. The van der Waals surface area contributed by atoms with Crippen molar-refractivity contribution in [3.8, 4) is 11.5 Å². The van der Waals surface area contributed by atoms with Crippen LogP contribution in [-0.2, 0) is 0 Å². The van der Waals surface area contributed by atoms with E-state index in [2.05, 4.69) is 149 Å². The summed E-state index contributed by atoms with van der Waals surface area (Å²) in [4.78, 5) is 4.94. The highest BCUT2D eigenvalue weighted by atomic mass is 31.1. The van der Waals surface area contributed by atoms with E-state index in [1.807, 2.05) is 0 Å². The van der Waals surface area contributed by atoms with Crippen molar-refractivity contribution in [2.45, 2.75) is 0 Å². The van der Waals surface area contributed by atoms with Gasteiger partial charge in [-0.2, -0.15) is 0 Å². The minimum atomic E-state index is -0.829. The van der Waals surface area contributed by atoms with E-state index in [-0.39, 0.29) is 0 Å². The maximum Gasteiger partial charge on any atom is 0.137 e. The molecule has 1 unspecified atom stereocenters. The molecule has 3 heterocycles. The molecule has 0 aromatic heterocycles. The van der Waals surface area contributed by atoms with Crippen molar-refractivity contribution in [3.63, 3.8) is 0 Å². The third-order valence-corrected chi connectivity index (χ3v) is 12.3. The molecule has 0 spiro atoms. The predicted molar refractivity (Wildman–Crippen MR) is 185 cm³/mol. The summed E-state index contributed by atoms with van der Waals surface area (Å²) in [7, 11) is -0.829. The van der Waals surface area contributed by atoms with Crippen molar-refractivity contribution in [3.05, 3.63) is 140 Å². The molecular formula is C40H23N2OP. The van der Waals surface area contributed by atoms with Crippen molar-refractivity contribution in [1.29, 1.82) is 0 Å². The number of hydrogen-bond acceptors (Lipinski definition) is 3. The Balaban J connectivity index is 1.27. The molecule has 8 aromatic carbocycles. The fraction of sp³-hybridized carbons (Fsp3) is 0. The van der Waals surface area contributed by atoms with Crippen molar-refractivity contribution >= 4 is 90.3 Å². The molecule has 0 aliphatic carbocycles. The van der Waals surface area contributed by atoms with E-state index in [0.717, 1.165) is 17.2 Å². The summed E-state index contributed by atoms with van der Waals surface area (Å²) in [5, 5.41) is 11.8. The molecular weight excluding hydrogens is 555 g/mol. The molecule has 0 radical (unpaired) electrons. The Bertz CT molecular complexity index is 2490. The van der Waals surface area contributed by atoms with E-state index < -0.39 is 7.92 Å². The molecule has 1 atom stereocenters. The third kappa shape index (κ3) is 2.77. The molecule has 11 rings (SSSR count). The lowest BCUT2D eigenvalue weighted by atomic mass is 9.93. The fourth-order valence-electron chi connectivity index (χ4n) is 7.85. The Labute approximate surface area is 255 Å². The largest absolute Gasteiger partial charge is 0.456 e. The molecule has 204 valence electrons. The van der Waals surface area contributed by atoms with Crippen LogP contribution in [-0.4, -0.2) is 0 Å². The van der Waals surface area contributed by atoms with E-state index in [0.29, 0.717) is 0 Å². The standard InChI is InChI=1S/C40H23N2OP/c1-2-10-27(11-3-1)41-30-12-5-13-31-38(30)44-39-32(41)14-6-16-34(39)43-35-17-7-15-33(40(35)44)42(31)29-23-21-26-19-18-24-8-4-9-25-20-22-28(29)37(26)36(24)25/h1-23H. The van der Waals surface area contributed by atoms with Gasteiger partial charge in [0.05, 0.1) is 39.0 Å². The quantitative estimate of drug-likeness (QED) is 0.150. The summed E-state index contributed by atoms with van der Waals surface area (Å²) in [5.41, 5.74) is 7.26. The first-order chi connectivity index (χ1) is 21.8. The van der Waals surface area contributed by atoms with Crippen LogP contribution in [0.15, 0.2) is 140 Å². The average molecular weight is 579 g/mol. The van der Waals surface area contributed by atoms with Gasteiger partial charge in [0.15, 0.2) is 0 Å². The summed E-state index contributed by atoms with van der Waals surface area (Å²) in [6.45, 7) is 0. The van der Waals surface area contributed by atoms with Gasteiger partial charge in [0.25, 0.3) is 0 Å². The second-order valence-corrected chi connectivity index (χ2v) is 13.8. The number of ether oxygens (including phenoxy) is 1. The molecule has 0 N–H and O–H groups in total. The van der Waals surface area contributed by atoms with Gasteiger partial charge in [0, 0.05) is 24.3 Å². The van der Waals surface area contributed by atoms with Gasteiger partial charge >= 0.3 is 0 Å². The summed E-state index contributed by atoms with van der Waals surface area (Å²) in [6.07, 6.45) is 0. The van der Waals surface area contributed by atoms with Gasteiger partial charge < -0.3 is 14.5 Å². The Hall–Kier alpha value is -5.37. The second-order valence-electron chi connectivity index (χ2n) is 11.8. The first-order valence-electron chi connectivity index (χ1n) is 15.0. The lowest BCUT2D eigenvalue weighted by molar-refractivity contribution is 0.488. The molecule has 0 fully saturated rings. The van der Waals surface area contributed by atoms with Crippen LogP contribution in [0.25, 0.3) is 32.3 Å². The van der Waals surface area contributed by atoms with Gasteiger partial charge in [-0.25, -0.2) is 0 Å². The summed E-state index contributed by atoms with van der Waals surface area (Å²) in [6, 6.07) is 51.1. The highest BCUT2D eigenvalue weighted by molar-refractivity contribution is 7.81. The number of benzene rings is 8. The molecule has 0 saturated carbocycles. The van der Waals surface area contributed by atoms with E-state index in [9.17, 15) is 0 Å². The van der Waals surface area contributed by atoms with Crippen LogP contribution in [0.3, 0.4) is 0 Å². The van der Waals surface area contributed by atoms with E-state index in [1.54, 1.807) is 0 Å². The first-order valence-corrected chi connectivity index (χ1v) is 16.4. The Morgan fingerprint density at radius 1 is 0.386 bits per heavy atom. The maximum atomic E-state index is 6.76. The highest BCUT2D eigenvalue weighted by Gasteiger charge is 2.46. The van der Waals surface area contributed by atoms with Crippen LogP contribution < -0.4 is 30.5 Å².